The molecule has 0 radical (unpaired) electrons. The molecule has 2 heterocycles. The lowest BCUT2D eigenvalue weighted by molar-refractivity contribution is 0.184. The van der Waals surface area contributed by atoms with Gasteiger partial charge in [0.2, 0.25) is 0 Å². The number of ether oxygens (including phenoxy) is 1. The van der Waals surface area contributed by atoms with E-state index in [1.165, 1.54) is 5.56 Å². The zero-order valence-electron chi connectivity index (χ0n) is 11.2. The minimum absolute atomic E-state index is 0.182. The average Bonchev–Trinajstić information content (AvgIpc) is 2.94. The van der Waals surface area contributed by atoms with Crippen LogP contribution in [0.4, 0.5) is 5.69 Å². The molecular weight excluding hydrogens is 240 g/mol. The van der Waals surface area contributed by atoms with Gasteiger partial charge in [-0.2, -0.15) is 0 Å². The Morgan fingerprint density at radius 2 is 2.05 bits per heavy atom. The Morgan fingerprint density at radius 1 is 1.32 bits per heavy atom. The fraction of sp³-hybridized carbons (Fsp3) is 0.429. The van der Waals surface area contributed by atoms with Crippen LogP contribution in [0.25, 0.3) is 0 Å². The van der Waals surface area contributed by atoms with Crippen LogP contribution >= 0.6 is 0 Å². The number of hydrogen-bond acceptors (Lipinski definition) is 5. The normalized spacial score (nSPS) is 21.1. The molecule has 1 atom stereocenters. The lowest BCUT2D eigenvalue weighted by Crippen LogP contribution is -2.29. The smallest absolute Gasteiger partial charge is 0.167 e. The van der Waals surface area contributed by atoms with E-state index in [-0.39, 0.29) is 12.3 Å². The van der Waals surface area contributed by atoms with Crippen molar-refractivity contribution in [1.29, 1.82) is 0 Å². The fourth-order valence-corrected chi connectivity index (χ4v) is 2.57. The number of nitrogens with two attached hydrogens (primary N) is 1. The van der Waals surface area contributed by atoms with Crippen LogP contribution in [0.2, 0.25) is 0 Å². The van der Waals surface area contributed by atoms with E-state index in [4.69, 9.17) is 10.5 Å². The van der Waals surface area contributed by atoms with Gasteiger partial charge in [0.1, 0.15) is 11.9 Å². The summed E-state index contributed by atoms with van der Waals surface area (Å²) in [6.07, 6.45) is 4.36. The second-order valence-electron chi connectivity index (χ2n) is 5.27. The lowest BCUT2D eigenvalue weighted by Gasteiger charge is -2.15. The molecule has 5 nitrogen and oxygen atoms in total. The van der Waals surface area contributed by atoms with Crippen LogP contribution in [-0.4, -0.2) is 44.1 Å². The van der Waals surface area contributed by atoms with Crippen molar-refractivity contribution < 1.29 is 4.74 Å². The van der Waals surface area contributed by atoms with Gasteiger partial charge in [-0.1, -0.05) is 0 Å². The van der Waals surface area contributed by atoms with Gasteiger partial charge in [0.05, 0.1) is 0 Å². The SMILES string of the molecule is CN(C)CC1Cc2cc(C3N=CC=N3)c(N)cc2O1. The number of likely N-dealkylation sites (N-methyl/N-ethyl adjacent to an activating group) is 1. The third kappa shape index (κ3) is 2.33. The molecule has 0 saturated carbocycles. The molecule has 0 aliphatic carbocycles. The van der Waals surface area contributed by atoms with E-state index in [0.717, 1.165) is 24.3 Å². The summed E-state index contributed by atoms with van der Waals surface area (Å²) in [5.74, 6) is 0.902. The third-order valence-electron chi connectivity index (χ3n) is 3.38. The van der Waals surface area contributed by atoms with Crippen LogP contribution in [0.15, 0.2) is 22.1 Å². The van der Waals surface area contributed by atoms with Crippen molar-refractivity contribution in [3.05, 3.63) is 23.3 Å². The largest absolute Gasteiger partial charge is 0.488 e. The van der Waals surface area contributed by atoms with Gasteiger partial charge in [-0.05, 0) is 25.7 Å². The zero-order valence-corrected chi connectivity index (χ0v) is 11.2. The van der Waals surface area contributed by atoms with E-state index < -0.39 is 0 Å². The third-order valence-corrected chi connectivity index (χ3v) is 3.38. The monoisotopic (exact) mass is 258 g/mol. The Hall–Kier alpha value is -1.88. The molecule has 5 heteroatoms. The van der Waals surface area contributed by atoms with E-state index in [1.54, 1.807) is 12.4 Å². The maximum absolute atomic E-state index is 6.08. The van der Waals surface area contributed by atoms with E-state index >= 15 is 0 Å². The molecule has 0 spiro atoms. The summed E-state index contributed by atoms with van der Waals surface area (Å²) in [4.78, 5) is 10.7. The first kappa shape index (κ1) is 12.2. The molecule has 2 N–H and O–H groups in total. The molecule has 0 saturated heterocycles. The maximum atomic E-state index is 6.08. The molecule has 0 aromatic heterocycles. The van der Waals surface area contributed by atoms with E-state index in [1.807, 2.05) is 20.2 Å². The van der Waals surface area contributed by atoms with Crippen molar-refractivity contribution >= 4 is 18.1 Å². The van der Waals surface area contributed by atoms with Gasteiger partial charge in [-0.25, -0.2) is 0 Å². The standard InChI is InChI=1S/C14H18N4O/c1-18(2)8-10-5-9-6-11(14-16-3-4-17-14)12(15)7-13(9)19-10/h3-4,6-7,10,14H,5,8,15H2,1-2H3. The number of benzene rings is 1. The van der Waals surface area contributed by atoms with Crippen molar-refractivity contribution in [2.75, 3.05) is 26.4 Å². The molecule has 19 heavy (non-hydrogen) atoms. The molecule has 0 fully saturated rings. The number of aliphatic imine (C=N–C) groups is 2. The summed E-state index contributed by atoms with van der Waals surface area (Å²) in [6, 6.07) is 3.99. The highest BCUT2D eigenvalue weighted by Gasteiger charge is 2.26. The average molecular weight is 258 g/mol. The van der Waals surface area contributed by atoms with Crippen LogP contribution in [0.5, 0.6) is 5.75 Å². The van der Waals surface area contributed by atoms with Gasteiger partial charge < -0.3 is 15.4 Å². The van der Waals surface area contributed by atoms with Gasteiger partial charge >= 0.3 is 0 Å². The van der Waals surface area contributed by atoms with Gasteiger partial charge in [-0.3, -0.25) is 9.98 Å². The second-order valence-corrected chi connectivity index (χ2v) is 5.27. The molecule has 2 aliphatic heterocycles. The molecule has 0 bridgehead atoms. The predicted octanol–water partition coefficient (Wildman–Crippen LogP) is 1.29. The highest BCUT2D eigenvalue weighted by molar-refractivity contribution is 6.17. The Bertz CT molecular complexity index is 539. The van der Waals surface area contributed by atoms with Gasteiger partial charge in [0, 0.05) is 42.7 Å². The van der Waals surface area contributed by atoms with Crippen molar-refractivity contribution in [1.82, 2.24) is 4.90 Å². The molecule has 1 aromatic carbocycles. The van der Waals surface area contributed by atoms with Crippen LogP contribution in [0.1, 0.15) is 17.3 Å². The van der Waals surface area contributed by atoms with Crippen LogP contribution in [0, 0.1) is 0 Å². The molecule has 1 unspecified atom stereocenters. The van der Waals surface area contributed by atoms with Crippen LogP contribution in [-0.2, 0) is 6.42 Å². The lowest BCUT2D eigenvalue weighted by atomic mass is 10.0. The Balaban J connectivity index is 1.86. The maximum Gasteiger partial charge on any atom is 0.167 e. The Labute approximate surface area is 112 Å². The van der Waals surface area contributed by atoms with E-state index in [2.05, 4.69) is 21.0 Å². The molecule has 2 aliphatic rings. The minimum atomic E-state index is -0.182. The van der Waals surface area contributed by atoms with Gasteiger partial charge in [-0.15, -0.1) is 0 Å². The van der Waals surface area contributed by atoms with Gasteiger partial charge in [0.25, 0.3) is 0 Å². The Kier molecular flexibility index (Phi) is 2.98. The number of nitrogens with zero attached hydrogens (tertiary/aromatic N) is 3. The number of fused-ring (bicyclic) bond motifs is 1. The summed E-state index contributed by atoms with van der Waals surface area (Å²) >= 11 is 0. The quantitative estimate of drug-likeness (QED) is 0.831. The first-order chi connectivity index (χ1) is 9.13. The summed E-state index contributed by atoms with van der Waals surface area (Å²) < 4.78 is 5.92. The highest BCUT2D eigenvalue weighted by atomic mass is 16.5. The van der Waals surface area contributed by atoms with Gasteiger partial charge in [0.15, 0.2) is 6.17 Å². The molecule has 0 amide bonds. The number of rotatable bonds is 3. The molecule has 100 valence electrons. The molecule has 1 aromatic rings. The van der Waals surface area contributed by atoms with E-state index in [9.17, 15) is 0 Å². The van der Waals surface area contributed by atoms with Crippen molar-refractivity contribution in [2.24, 2.45) is 9.98 Å². The fourth-order valence-electron chi connectivity index (χ4n) is 2.57. The van der Waals surface area contributed by atoms with Crippen molar-refractivity contribution in [2.45, 2.75) is 18.7 Å². The Morgan fingerprint density at radius 3 is 2.74 bits per heavy atom. The number of nitrogen functional groups attached to an aromatic ring is 1. The summed E-state index contributed by atoms with van der Waals surface area (Å²) in [6.45, 7) is 0.906. The minimum Gasteiger partial charge on any atom is -0.488 e. The van der Waals surface area contributed by atoms with Crippen LogP contribution < -0.4 is 10.5 Å². The van der Waals surface area contributed by atoms with Crippen molar-refractivity contribution in [3.8, 4) is 5.75 Å². The zero-order chi connectivity index (χ0) is 13.4. The second kappa shape index (κ2) is 4.66. The predicted molar refractivity (Wildman–Crippen MR) is 77.3 cm³/mol. The molecular formula is C14H18N4O. The van der Waals surface area contributed by atoms with Crippen LogP contribution in [0.3, 0.4) is 0 Å². The summed E-state index contributed by atoms with van der Waals surface area (Å²) in [5, 5.41) is 0. The highest BCUT2D eigenvalue weighted by Crippen LogP contribution is 2.36. The van der Waals surface area contributed by atoms with Crippen molar-refractivity contribution in [3.63, 3.8) is 0 Å². The number of hydrogen-bond donors (Lipinski definition) is 1. The summed E-state index contributed by atoms with van der Waals surface area (Å²) in [5.41, 5.74) is 8.95. The number of anilines is 1. The van der Waals surface area contributed by atoms with E-state index in [0.29, 0.717) is 5.69 Å². The first-order valence-corrected chi connectivity index (χ1v) is 6.42. The topological polar surface area (TPSA) is 63.2 Å². The molecule has 3 rings (SSSR count). The summed E-state index contributed by atoms with van der Waals surface area (Å²) in [7, 11) is 4.10. The first-order valence-electron chi connectivity index (χ1n) is 6.42.